The lowest BCUT2D eigenvalue weighted by atomic mass is 10.1. The summed E-state index contributed by atoms with van der Waals surface area (Å²) in [4.78, 5) is 23.3. The second kappa shape index (κ2) is 12.6. The maximum absolute atomic E-state index is 12.0. The average molecular weight is 333 g/mol. The normalized spacial score (nSPS) is 11.9. The zero-order chi connectivity index (χ0) is 17.6. The molecule has 1 aromatic rings. The van der Waals surface area contributed by atoms with Gasteiger partial charge >= 0.3 is 5.97 Å². The number of amides is 1. The van der Waals surface area contributed by atoms with Gasteiger partial charge < -0.3 is 10.4 Å². The van der Waals surface area contributed by atoms with E-state index >= 15 is 0 Å². The molecule has 0 saturated heterocycles. The Morgan fingerprint density at radius 1 is 0.917 bits per heavy atom. The highest BCUT2D eigenvalue weighted by atomic mass is 16.4. The molecular weight excluding hydrogens is 302 g/mol. The first-order valence-electron chi connectivity index (χ1n) is 9.22. The molecule has 1 rings (SSSR count). The van der Waals surface area contributed by atoms with Gasteiger partial charge in [-0.3, -0.25) is 4.79 Å². The first-order valence-corrected chi connectivity index (χ1v) is 9.22. The van der Waals surface area contributed by atoms with Crippen molar-refractivity contribution in [3.63, 3.8) is 0 Å². The molecule has 0 aliphatic heterocycles. The van der Waals surface area contributed by atoms with Gasteiger partial charge in [0.2, 0.25) is 5.91 Å². The van der Waals surface area contributed by atoms with Gasteiger partial charge in [-0.2, -0.15) is 0 Å². The number of carbonyl (C=O) groups excluding carboxylic acids is 1. The monoisotopic (exact) mass is 333 g/mol. The molecule has 0 spiro atoms. The molecule has 0 bridgehead atoms. The highest BCUT2D eigenvalue weighted by molar-refractivity contribution is 5.84. The number of aliphatic carboxylic acids is 1. The Kier molecular flexibility index (Phi) is 10.6. The fourth-order valence-corrected chi connectivity index (χ4v) is 2.76. The van der Waals surface area contributed by atoms with Gasteiger partial charge in [0, 0.05) is 6.42 Å². The summed E-state index contributed by atoms with van der Waals surface area (Å²) in [5.41, 5.74) is 0.602. The van der Waals surface area contributed by atoms with Gasteiger partial charge in [-0.25, -0.2) is 4.79 Å². The highest BCUT2D eigenvalue weighted by Crippen LogP contribution is 2.14. The standard InChI is InChI=1S/C20H31NO3/c1-2-3-4-5-6-7-8-9-13-16-18(22)21-19(20(23)24)17-14-11-10-12-15-17/h10-12,14-15,19H,2-9,13,16H2,1H3,(H,21,22)(H,23,24)/t19-/m0/s1. The molecule has 0 heterocycles. The van der Waals surface area contributed by atoms with Crippen molar-refractivity contribution in [3.05, 3.63) is 35.9 Å². The second-order valence-electron chi connectivity index (χ2n) is 6.33. The number of carboxylic acids is 1. The molecule has 1 aromatic carbocycles. The van der Waals surface area contributed by atoms with Gasteiger partial charge in [-0.05, 0) is 12.0 Å². The summed E-state index contributed by atoms with van der Waals surface area (Å²) in [6, 6.07) is 7.86. The number of carboxylic acid groups (broad SMARTS) is 1. The van der Waals surface area contributed by atoms with E-state index in [0.717, 1.165) is 19.3 Å². The number of unbranched alkanes of at least 4 members (excludes halogenated alkanes) is 8. The zero-order valence-electron chi connectivity index (χ0n) is 14.8. The van der Waals surface area contributed by atoms with Crippen LogP contribution in [0.2, 0.25) is 0 Å². The minimum absolute atomic E-state index is 0.186. The van der Waals surface area contributed by atoms with Crippen LogP contribution in [0.25, 0.3) is 0 Å². The first-order chi connectivity index (χ1) is 11.6. The van der Waals surface area contributed by atoms with Crippen molar-refractivity contribution in [1.82, 2.24) is 5.32 Å². The Balaban J connectivity index is 2.17. The molecule has 0 aromatic heterocycles. The molecule has 4 heteroatoms. The van der Waals surface area contributed by atoms with Crippen molar-refractivity contribution in [2.24, 2.45) is 0 Å². The third kappa shape index (κ3) is 8.70. The molecule has 0 saturated carbocycles. The van der Waals surface area contributed by atoms with E-state index in [1.165, 1.54) is 38.5 Å². The number of nitrogens with one attached hydrogen (secondary N) is 1. The van der Waals surface area contributed by atoms with Crippen LogP contribution in [0.3, 0.4) is 0 Å². The predicted molar refractivity (Wildman–Crippen MR) is 96.8 cm³/mol. The van der Waals surface area contributed by atoms with Crippen LogP contribution in [0.15, 0.2) is 30.3 Å². The highest BCUT2D eigenvalue weighted by Gasteiger charge is 2.21. The van der Waals surface area contributed by atoms with E-state index in [1.807, 2.05) is 6.07 Å². The van der Waals surface area contributed by atoms with Crippen LogP contribution in [0.4, 0.5) is 0 Å². The summed E-state index contributed by atoms with van der Waals surface area (Å²) >= 11 is 0. The van der Waals surface area contributed by atoms with Crippen molar-refractivity contribution in [3.8, 4) is 0 Å². The Morgan fingerprint density at radius 3 is 2.00 bits per heavy atom. The van der Waals surface area contributed by atoms with Gasteiger partial charge in [0.05, 0.1) is 0 Å². The molecule has 0 aliphatic carbocycles. The van der Waals surface area contributed by atoms with Crippen molar-refractivity contribution >= 4 is 11.9 Å². The van der Waals surface area contributed by atoms with Crippen LogP contribution in [-0.4, -0.2) is 17.0 Å². The van der Waals surface area contributed by atoms with Crippen molar-refractivity contribution in [2.75, 3.05) is 0 Å². The molecule has 1 amide bonds. The smallest absolute Gasteiger partial charge is 0.330 e. The summed E-state index contributed by atoms with van der Waals surface area (Å²) in [5, 5.41) is 11.9. The van der Waals surface area contributed by atoms with E-state index < -0.39 is 12.0 Å². The van der Waals surface area contributed by atoms with Crippen LogP contribution in [-0.2, 0) is 9.59 Å². The molecule has 0 unspecified atom stereocenters. The average Bonchev–Trinajstić information content (AvgIpc) is 2.58. The van der Waals surface area contributed by atoms with Crippen LogP contribution < -0.4 is 5.32 Å². The molecule has 24 heavy (non-hydrogen) atoms. The van der Waals surface area contributed by atoms with Crippen LogP contribution in [0.1, 0.15) is 82.7 Å². The number of hydrogen-bond acceptors (Lipinski definition) is 2. The minimum atomic E-state index is -1.03. The van der Waals surface area contributed by atoms with Gasteiger partial charge in [0.25, 0.3) is 0 Å². The fourth-order valence-electron chi connectivity index (χ4n) is 2.76. The lowest BCUT2D eigenvalue weighted by Crippen LogP contribution is -2.33. The first kappa shape index (κ1) is 20.2. The van der Waals surface area contributed by atoms with Crippen LogP contribution >= 0.6 is 0 Å². The van der Waals surface area contributed by atoms with E-state index in [1.54, 1.807) is 24.3 Å². The van der Waals surface area contributed by atoms with Gasteiger partial charge in [-0.15, -0.1) is 0 Å². The van der Waals surface area contributed by atoms with Crippen molar-refractivity contribution in [2.45, 2.75) is 77.2 Å². The van der Waals surface area contributed by atoms with Gasteiger partial charge in [0.1, 0.15) is 0 Å². The molecule has 0 fully saturated rings. The molecule has 0 radical (unpaired) electrons. The Bertz CT molecular complexity index is 473. The second-order valence-corrected chi connectivity index (χ2v) is 6.33. The van der Waals surface area contributed by atoms with Crippen LogP contribution in [0, 0.1) is 0 Å². The van der Waals surface area contributed by atoms with E-state index in [0.29, 0.717) is 12.0 Å². The molecule has 1 atom stereocenters. The minimum Gasteiger partial charge on any atom is -0.479 e. The SMILES string of the molecule is CCCCCCCCCCCC(=O)N[C@H](C(=O)O)c1ccccc1. The molecule has 0 aliphatic rings. The number of hydrogen-bond donors (Lipinski definition) is 2. The summed E-state index contributed by atoms with van der Waals surface area (Å²) in [5.74, 6) is -1.21. The maximum Gasteiger partial charge on any atom is 0.330 e. The van der Waals surface area contributed by atoms with Crippen LogP contribution in [0.5, 0.6) is 0 Å². The quantitative estimate of drug-likeness (QED) is 0.507. The fraction of sp³-hybridized carbons (Fsp3) is 0.600. The maximum atomic E-state index is 12.0. The Morgan fingerprint density at radius 2 is 1.46 bits per heavy atom. The number of rotatable bonds is 13. The van der Waals surface area contributed by atoms with Crippen molar-refractivity contribution in [1.29, 1.82) is 0 Å². The molecule has 4 nitrogen and oxygen atoms in total. The summed E-state index contributed by atoms with van der Waals surface area (Å²) in [6.45, 7) is 2.22. The number of carbonyl (C=O) groups is 2. The topological polar surface area (TPSA) is 66.4 Å². The Hall–Kier alpha value is -1.84. The molecule has 134 valence electrons. The van der Waals surface area contributed by atoms with E-state index in [9.17, 15) is 14.7 Å². The predicted octanol–water partition coefficient (Wildman–Crippen LogP) is 4.85. The number of benzene rings is 1. The Labute approximate surface area is 145 Å². The van der Waals surface area contributed by atoms with Gasteiger partial charge in [-0.1, -0.05) is 88.6 Å². The lowest BCUT2D eigenvalue weighted by Gasteiger charge is -2.14. The lowest BCUT2D eigenvalue weighted by molar-refractivity contribution is -0.142. The summed E-state index contributed by atoms with van der Waals surface area (Å²) in [7, 11) is 0. The zero-order valence-corrected chi connectivity index (χ0v) is 14.8. The summed E-state index contributed by atoms with van der Waals surface area (Å²) in [6.07, 6.45) is 11.1. The van der Waals surface area contributed by atoms with E-state index in [2.05, 4.69) is 12.2 Å². The van der Waals surface area contributed by atoms with Gasteiger partial charge in [0.15, 0.2) is 6.04 Å². The molecular formula is C20H31NO3. The third-order valence-corrected chi connectivity index (χ3v) is 4.19. The summed E-state index contributed by atoms with van der Waals surface area (Å²) < 4.78 is 0. The van der Waals surface area contributed by atoms with E-state index in [4.69, 9.17) is 0 Å². The van der Waals surface area contributed by atoms with Crippen molar-refractivity contribution < 1.29 is 14.7 Å². The molecule has 2 N–H and O–H groups in total. The van der Waals surface area contributed by atoms with E-state index in [-0.39, 0.29) is 5.91 Å². The largest absolute Gasteiger partial charge is 0.479 e. The third-order valence-electron chi connectivity index (χ3n) is 4.19.